The van der Waals surface area contributed by atoms with Crippen molar-refractivity contribution in [2.45, 2.75) is 50.5 Å². The Morgan fingerprint density at radius 2 is 1.79 bits per heavy atom. The van der Waals surface area contributed by atoms with Crippen LogP contribution in [0.3, 0.4) is 0 Å². The van der Waals surface area contributed by atoms with Crippen LogP contribution in [0.5, 0.6) is 6.01 Å². The normalized spacial score (nSPS) is 23.4. The lowest BCUT2D eigenvalue weighted by molar-refractivity contribution is 0.108. The Kier molecular flexibility index (Phi) is 5.49. The summed E-state index contributed by atoms with van der Waals surface area (Å²) >= 11 is 0. The third-order valence-corrected chi connectivity index (χ3v) is 10.5. The van der Waals surface area contributed by atoms with E-state index in [1.165, 1.54) is 32.1 Å². The van der Waals surface area contributed by atoms with Crippen LogP contribution in [-0.4, -0.2) is 68.4 Å². The first-order chi connectivity index (χ1) is 20.6. The smallest absolute Gasteiger partial charge is 0.319 e. The van der Waals surface area contributed by atoms with E-state index in [-0.39, 0.29) is 22.8 Å². The molecule has 1 saturated carbocycles. The highest BCUT2D eigenvalue weighted by Crippen LogP contribution is 2.43. The summed E-state index contributed by atoms with van der Waals surface area (Å²) in [7, 11) is 0. The standard InChI is InChI=1S/C33H34FN7O/c34-28-29-25(15-35-30(28)27-23-6-2-1-5-22(23)14-26-24(27)16-36-39-26)31(40-17-20-7-8-21(13-20)18-40)38-32(37-29)42-19-33-9-3-11-41(33)12-4-10-33/h1-2,5-6,14-16,20-21H,3-4,7-13,17-19H2,(H,36,39). The highest BCUT2D eigenvalue weighted by Gasteiger charge is 2.45. The van der Waals surface area contributed by atoms with Crippen LogP contribution in [-0.2, 0) is 0 Å². The topological polar surface area (TPSA) is 83.1 Å². The molecule has 2 unspecified atom stereocenters. The van der Waals surface area contributed by atoms with Gasteiger partial charge in [-0.15, -0.1) is 0 Å². The number of hydrogen-bond donors (Lipinski definition) is 1. The summed E-state index contributed by atoms with van der Waals surface area (Å²) < 4.78 is 23.3. The van der Waals surface area contributed by atoms with Gasteiger partial charge in [-0.1, -0.05) is 24.3 Å². The molecular formula is C33H34FN7O. The summed E-state index contributed by atoms with van der Waals surface area (Å²) in [5.41, 5.74) is 2.17. The zero-order valence-corrected chi connectivity index (χ0v) is 23.7. The van der Waals surface area contributed by atoms with E-state index in [4.69, 9.17) is 19.7 Å². The van der Waals surface area contributed by atoms with Gasteiger partial charge in [0.05, 0.1) is 22.6 Å². The molecule has 8 nitrogen and oxygen atoms in total. The van der Waals surface area contributed by atoms with Crippen LogP contribution < -0.4 is 9.64 Å². The van der Waals surface area contributed by atoms with Gasteiger partial charge in [-0.05, 0) is 86.7 Å². The molecule has 3 saturated heterocycles. The number of nitrogens with zero attached hydrogens (tertiary/aromatic N) is 6. The lowest BCUT2D eigenvalue weighted by Gasteiger charge is -2.34. The summed E-state index contributed by atoms with van der Waals surface area (Å²) in [6.07, 6.45) is 12.0. The molecule has 42 heavy (non-hydrogen) atoms. The number of halogens is 1. The first kappa shape index (κ1) is 24.7. The molecule has 6 heterocycles. The molecule has 214 valence electrons. The van der Waals surface area contributed by atoms with Gasteiger partial charge in [0.1, 0.15) is 23.6 Å². The van der Waals surface area contributed by atoms with Crippen LogP contribution in [0.25, 0.3) is 43.8 Å². The number of piperidine rings is 1. The Morgan fingerprint density at radius 1 is 0.976 bits per heavy atom. The molecule has 0 radical (unpaired) electrons. The Hall–Kier alpha value is -3.85. The lowest BCUT2D eigenvalue weighted by atomic mass is 9.95. The fourth-order valence-corrected chi connectivity index (χ4v) is 8.55. The fourth-order valence-electron chi connectivity index (χ4n) is 8.55. The lowest BCUT2D eigenvalue weighted by Crippen LogP contribution is -2.43. The number of aromatic amines is 1. The third-order valence-electron chi connectivity index (χ3n) is 10.5. The van der Waals surface area contributed by atoms with Gasteiger partial charge < -0.3 is 9.64 Å². The van der Waals surface area contributed by atoms with Gasteiger partial charge in [-0.2, -0.15) is 15.1 Å². The average molecular weight is 564 g/mol. The first-order valence-corrected chi connectivity index (χ1v) is 15.5. The molecule has 3 aromatic heterocycles. The van der Waals surface area contributed by atoms with Crippen molar-refractivity contribution in [1.29, 1.82) is 0 Å². The number of pyridine rings is 1. The largest absolute Gasteiger partial charge is 0.461 e. The molecule has 1 aliphatic carbocycles. The Labute approximate surface area is 243 Å². The van der Waals surface area contributed by atoms with Gasteiger partial charge in [-0.25, -0.2) is 4.39 Å². The van der Waals surface area contributed by atoms with Gasteiger partial charge >= 0.3 is 6.01 Å². The molecule has 2 bridgehead atoms. The molecule has 1 N–H and O–H groups in total. The maximum absolute atomic E-state index is 16.9. The number of benzene rings is 2. The maximum atomic E-state index is 16.9. The number of fused-ring (bicyclic) bond motifs is 6. The van der Waals surface area contributed by atoms with Gasteiger partial charge in [-0.3, -0.25) is 15.0 Å². The third kappa shape index (κ3) is 3.75. The molecule has 3 aliphatic heterocycles. The number of H-pyrrole nitrogens is 1. The zero-order chi connectivity index (χ0) is 27.8. The minimum absolute atomic E-state index is 0.0561. The Bertz CT molecular complexity index is 1830. The van der Waals surface area contributed by atoms with Crippen molar-refractivity contribution >= 4 is 38.4 Å². The highest BCUT2D eigenvalue weighted by molar-refractivity contribution is 6.11. The maximum Gasteiger partial charge on any atom is 0.319 e. The van der Waals surface area contributed by atoms with Crippen LogP contribution in [0.4, 0.5) is 10.2 Å². The molecule has 2 atom stereocenters. The predicted octanol–water partition coefficient (Wildman–Crippen LogP) is 6.10. The summed E-state index contributed by atoms with van der Waals surface area (Å²) in [6.45, 7) is 4.66. The van der Waals surface area contributed by atoms with Crippen LogP contribution >= 0.6 is 0 Å². The van der Waals surface area contributed by atoms with Crippen LogP contribution in [0.2, 0.25) is 0 Å². The summed E-state index contributed by atoms with van der Waals surface area (Å²) in [5, 5.41) is 10.7. The van der Waals surface area contributed by atoms with E-state index < -0.39 is 5.82 Å². The number of hydrogen-bond acceptors (Lipinski definition) is 7. The van der Waals surface area contributed by atoms with Crippen molar-refractivity contribution < 1.29 is 9.13 Å². The summed E-state index contributed by atoms with van der Waals surface area (Å²) in [5.74, 6) is 1.62. The fraction of sp³-hybridized carbons (Fsp3) is 0.455. The molecule has 2 aromatic carbocycles. The van der Waals surface area contributed by atoms with E-state index in [0.29, 0.717) is 23.8 Å². The predicted molar refractivity (Wildman–Crippen MR) is 161 cm³/mol. The number of anilines is 1. The van der Waals surface area contributed by atoms with E-state index in [1.807, 2.05) is 30.3 Å². The van der Waals surface area contributed by atoms with E-state index in [0.717, 1.165) is 72.1 Å². The molecule has 0 spiro atoms. The first-order valence-electron chi connectivity index (χ1n) is 15.5. The van der Waals surface area contributed by atoms with E-state index in [2.05, 4.69) is 20.0 Å². The van der Waals surface area contributed by atoms with Crippen molar-refractivity contribution in [3.05, 3.63) is 48.5 Å². The molecule has 4 aliphatic rings. The molecule has 9 heteroatoms. The molecule has 5 aromatic rings. The second-order valence-electron chi connectivity index (χ2n) is 13.0. The van der Waals surface area contributed by atoms with Crippen molar-refractivity contribution in [3.8, 4) is 17.3 Å². The second-order valence-corrected chi connectivity index (χ2v) is 13.0. The van der Waals surface area contributed by atoms with Crippen molar-refractivity contribution in [2.75, 3.05) is 37.7 Å². The van der Waals surface area contributed by atoms with Gasteiger partial charge in [0.2, 0.25) is 0 Å². The molecule has 9 rings (SSSR count). The van der Waals surface area contributed by atoms with Gasteiger partial charge in [0.15, 0.2) is 5.82 Å². The molecule has 0 amide bonds. The number of aromatic nitrogens is 5. The quantitative estimate of drug-likeness (QED) is 0.277. The van der Waals surface area contributed by atoms with E-state index in [1.54, 1.807) is 12.4 Å². The highest BCUT2D eigenvalue weighted by atomic mass is 19.1. The van der Waals surface area contributed by atoms with Crippen molar-refractivity contribution in [2.24, 2.45) is 11.8 Å². The molecular weight excluding hydrogens is 529 g/mol. The summed E-state index contributed by atoms with van der Waals surface area (Å²) in [6, 6.07) is 10.3. The van der Waals surface area contributed by atoms with Crippen molar-refractivity contribution in [3.63, 3.8) is 0 Å². The van der Waals surface area contributed by atoms with Gasteiger partial charge in [0, 0.05) is 30.2 Å². The SMILES string of the molecule is Fc1c(-c2c3ccccc3cc3[nH]ncc23)ncc2c(N3CC4CCC(C4)C3)nc(OCC34CCCN3CCC4)nc12. The Balaban J connectivity index is 1.21. The number of ether oxygens (including phenoxy) is 1. The minimum Gasteiger partial charge on any atom is -0.461 e. The monoisotopic (exact) mass is 563 g/mol. The van der Waals surface area contributed by atoms with Crippen LogP contribution in [0.15, 0.2) is 42.7 Å². The van der Waals surface area contributed by atoms with Crippen LogP contribution in [0, 0.1) is 17.7 Å². The molecule has 4 fully saturated rings. The van der Waals surface area contributed by atoms with Gasteiger partial charge in [0.25, 0.3) is 0 Å². The average Bonchev–Trinajstić information content (AvgIpc) is 3.79. The van der Waals surface area contributed by atoms with Crippen LogP contribution in [0.1, 0.15) is 44.9 Å². The number of rotatable bonds is 5. The number of nitrogens with one attached hydrogen (secondary N) is 1. The Morgan fingerprint density at radius 3 is 2.62 bits per heavy atom. The second kappa shape index (κ2) is 9.33. The van der Waals surface area contributed by atoms with Crippen molar-refractivity contribution in [1.82, 2.24) is 30.0 Å². The van der Waals surface area contributed by atoms with E-state index in [9.17, 15) is 0 Å². The summed E-state index contributed by atoms with van der Waals surface area (Å²) in [4.78, 5) is 19.4. The van der Waals surface area contributed by atoms with E-state index >= 15 is 4.39 Å². The minimum atomic E-state index is -0.443. The zero-order valence-electron chi connectivity index (χ0n) is 23.7.